The molecule has 2 rings (SSSR count). The van der Waals surface area contributed by atoms with Crippen molar-refractivity contribution in [3.8, 4) is 0 Å². The molecule has 98 valence electrons. The number of carbonyl (C=O) groups is 1. The van der Waals surface area contributed by atoms with Crippen LogP contribution in [0.1, 0.15) is 30.9 Å². The van der Waals surface area contributed by atoms with E-state index in [1.165, 1.54) is 6.07 Å². The lowest BCUT2D eigenvalue weighted by Crippen LogP contribution is -2.39. The van der Waals surface area contributed by atoms with Crippen LogP contribution in [0.3, 0.4) is 0 Å². The molecule has 2 N–H and O–H groups in total. The molecule has 1 aliphatic rings. The first-order chi connectivity index (χ1) is 8.61. The number of rotatable bonds is 3. The van der Waals surface area contributed by atoms with E-state index in [0.29, 0.717) is 18.7 Å². The summed E-state index contributed by atoms with van der Waals surface area (Å²) in [6.07, 6.45) is 1.93. The lowest BCUT2D eigenvalue weighted by atomic mass is 9.98. The van der Waals surface area contributed by atoms with Crippen LogP contribution in [0, 0.1) is 11.7 Å². The standard InChI is InChI=1S/C14H19FN2O/c1-10-3-2-6-17(14(10)18)9-12-5-4-11(8-16)7-13(12)15/h4-5,7,10H,2-3,6,8-9,16H2,1H3. The van der Waals surface area contributed by atoms with Gasteiger partial charge in [0.1, 0.15) is 5.82 Å². The van der Waals surface area contributed by atoms with Crippen LogP contribution in [0.4, 0.5) is 4.39 Å². The van der Waals surface area contributed by atoms with Gasteiger partial charge in [0.05, 0.1) is 0 Å². The van der Waals surface area contributed by atoms with Crippen LogP contribution < -0.4 is 5.73 Å². The van der Waals surface area contributed by atoms with Gasteiger partial charge in [-0.3, -0.25) is 4.79 Å². The summed E-state index contributed by atoms with van der Waals surface area (Å²) in [6, 6.07) is 4.99. The summed E-state index contributed by atoms with van der Waals surface area (Å²) in [7, 11) is 0. The van der Waals surface area contributed by atoms with E-state index in [9.17, 15) is 9.18 Å². The molecule has 1 aromatic rings. The van der Waals surface area contributed by atoms with Crippen LogP contribution in [0.5, 0.6) is 0 Å². The molecule has 1 atom stereocenters. The number of likely N-dealkylation sites (tertiary alicyclic amines) is 1. The first-order valence-electron chi connectivity index (χ1n) is 6.38. The maximum Gasteiger partial charge on any atom is 0.225 e. The zero-order valence-electron chi connectivity index (χ0n) is 10.7. The fraction of sp³-hybridized carbons (Fsp3) is 0.500. The maximum absolute atomic E-state index is 13.8. The monoisotopic (exact) mass is 250 g/mol. The molecule has 1 saturated heterocycles. The lowest BCUT2D eigenvalue weighted by molar-refractivity contribution is -0.138. The zero-order valence-corrected chi connectivity index (χ0v) is 10.7. The summed E-state index contributed by atoms with van der Waals surface area (Å²) in [5.41, 5.74) is 6.80. The number of benzene rings is 1. The Morgan fingerprint density at radius 2 is 2.28 bits per heavy atom. The molecular weight excluding hydrogens is 231 g/mol. The van der Waals surface area contributed by atoms with Crippen LogP contribution in [0.15, 0.2) is 18.2 Å². The number of piperidine rings is 1. The van der Waals surface area contributed by atoms with Crippen LogP contribution in [0.2, 0.25) is 0 Å². The molecule has 0 aliphatic carbocycles. The summed E-state index contributed by atoms with van der Waals surface area (Å²) in [5, 5.41) is 0. The molecule has 3 nitrogen and oxygen atoms in total. The lowest BCUT2D eigenvalue weighted by Gasteiger charge is -2.30. The van der Waals surface area contributed by atoms with E-state index in [0.717, 1.165) is 24.9 Å². The Morgan fingerprint density at radius 1 is 1.50 bits per heavy atom. The molecule has 1 amide bonds. The molecule has 4 heteroatoms. The summed E-state index contributed by atoms with van der Waals surface area (Å²) in [6.45, 7) is 3.35. The highest BCUT2D eigenvalue weighted by atomic mass is 19.1. The number of hydrogen-bond acceptors (Lipinski definition) is 2. The highest BCUT2D eigenvalue weighted by molar-refractivity contribution is 5.79. The highest BCUT2D eigenvalue weighted by Crippen LogP contribution is 2.20. The van der Waals surface area contributed by atoms with E-state index in [1.54, 1.807) is 11.0 Å². The second-order valence-corrected chi connectivity index (χ2v) is 4.93. The minimum atomic E-state index is -0.274. The molecule has 1 fully saturated rings. The third-order valence-electron chi connectivity index (χ3n) is 3.51. The van der Waals surface area contributed by atoms with E-state index in [1.807, 2.05) is 13.0 Å². The Kier molecular flexibility index (Phi) is 3.97. The van der Waals surface area contributed by atoms with Crippen molar-refractivity contribution in [2.24, 2.45) is 11.7 Å². The highest BCUT2D eigenvalue weighted by Gasteiger charge is 2.25. The quantitative estimate of drug-likeness (QED) is 0.892. The van der Waals surface area contributed by atoms with Gasteiger partial charge < -0.3 is 10.6 Å². The third-order valence-corrected chi connectivity index (χ3v) is 3.51. The van der Waals surface area contributed by atoms with Crippen molar-refractivity contribution in [3.63, 3.8) is 0 Å². The Labute approximate surface area is 107 Å². The predicted molar refractivity (Wildman–Crippen MR) is 68.1 cm³/mol. The van der Waals surface area contributed by atoms with E-state index < -0.39 is 0 Å². The first kappa shape index (κ1) is 13.0. The van der Waals surface area contributed by atoms with Crippen molar-refractivity contribution in [2.45, 2.75) is 32.9 Å². The minimum absolute atomic E-state index is 0.0603. The Morgan fingerprint density at radius 3 is 2.94 bits per heavy atom. The van der Waals surface area contributed by atoms with Crippen LogP contribution >= 0.6 is 0 Å². The SMILES string of the molecule is CC1CCCN(Cc2ccc(CN)cc2F)C1=O. The fourth-order valence-corrected chi connectivity index (χ4v) is 2.34. The van der Waals surface area contributed by atoms with E-state index >= 15 is 0 Å². The molecular formula is C14H19FN2O. The van der Waals surface area contributed by atoms with Gasteiger partial charge in [0.2, 0.25) is 5.91 Å². The van der Waals surface area contributed by atoms with Gasteiger partial charge in [-0.1, -0.05) is 19.1 Å². The van der Waals surface area contributed by atoms with Gasteiger partial charge in [0.25, 0.3) is 0 Å². The summed E-state index contributed by atoms with van der Waals surface area (Å²) < 4.78 is 13.8. The van der Waals surface area contributed by atoms with Gasteiger partial charge in [0, 0.05) is 31.1 Å². The summed E-state index contributed by atoms with van der Waals surface area (Å²) >= 11 is 0. The normalized spacial score (nSPS) is 20.3. The average molecular weight is 250 g/mol. The zero-order chi connectivity index (χ0) is 13.1. The molecule has 0 spiro atoms. The van der Waals surface area contributed by atoms with E-state index in [4.69, 9.17) is 5.73 Å². The summed E-state index contributed by atoms with van der Waals surface area (Å²) in [5.74, 6) is -0.0855. The number of carbonyl (C=O) groups excluding carboxylic acids is 1. The summed E-state index contributed by atoms with van der Waals surface area (Å²) in [4.78, 5) is 13.7. The molecule has 18 heavy (non-hydrogen) atoms. The topological polar surface area (TPSA) is 46.3 Å². The van der Waals surface area contributed by atoms with Gasteiger partial charge in [0.15, 0.2) is 0 Å². The molecule has 1 heterocycles. The van der Waals surface area contributed by atoms with Crippen molar-refractivity contribution in [3.05, 3.63) is 35.1 Å². The van der Waals surface area contributed by atoms with E-state index in [2.05, 4.69) is 0 Å². The van der Waals surface area contributed by atoms with Gasteiger partial charge in [-0.15, -0.1) is 0 Å². The predicted octanol–water partition coefficient (Wildman–Crippen LogP) is 2.04. The maximum atomic E-state index is 13.8. The Hall–Kier alpha value is -1.42. The number of amides is 1. The van der Waals surface area contributed by atoms with Crippen molar-refractivity contribution in [1.29, 1.82) is 0 Å². The van der Waals surface area contributed by atoms with Crippen LogP contribution in [-0.4, -0.2) is 17.4 Å². The molecule has 0 bridgehead atoms. The van der Waals surface area contributed by atoms with Crippen molar-refractivity contribution >= 4 is 5.91 Å². The van der Waals surface area contributed by atoms with Gasteiger partial charge in [-0.25, -0.2) is 4.39 Å². The molecule has 0 radical (unpaired) electrons. The third kappa shape index (κ3) is 2.70. The second-order valence-electron chi connectivity index (χ2n) is 4.93. The molecule has 1 aromatic carbocycles. The number of nitrogens with zero attached hydrogens (tertiary/aromatic N) is 1. The number of hydrogen-bond donors (Lipinski definition) is 1. The van der Waals surface area contributed by atoms with Gasteiger partial charge >= 0.3 is 0 Å². The van der Waals surface area contributed by atoms with Crippen LogP contribution in [0.25, 0.3) is 0 Å². The molecule has 0 saturated carbocycles. The average Bonchev–Trinajstić information content (AvgIpc) is 2.37. The molecule has 0 aromatic heterocycles. The van der Waals surface area contributed by atoms with Gasteiger partial charge in [-0.2, -0.15) is 0 Å². The largest absolute Gasteiger partial charge is 0.338 e. The van der Waals surface area contributed by atoms with Crippen molar-refractivity contribution < 1.29 is 9.18 Å². The fourth-order valence-electron chi connectivity index (χ4n) is 2.34. The van der Waals surface area contributed by atoms with Crippen molar-refractivity contribution in [2.75, 3.05) is 6.54 Å². The first-order valence-corrected chi connectivity index (χ1v) is 6.38. The Bertz CT molecular complexity index is 447. The minimum Gasteiger partial charge on any atom is -0.338 e. The molecule has 1 unspecified atom stereocenters. The Balaban J connectivity index is 2.11. The smallest absolute Gasteiger partial charge is 0.225 e. The number of halogens is 1. The van der Waals surface area contributed by atoms with Crippen LogP contribution in [-0.2, 0) is 17.9 Å². The number of nitrogens with two attached hydrogens (primary N) is 1. The second kappa shape index (κ2) is 5.48. The van der Waals surface area contributed by atoms with Gasteiger partial charge in [-0.05, 0) is 24.5 Å². The molecule has 1 aliphatic heterocycles. The van der Waals surface area contributed by atoms with E-state index in [-0.39, 0.29) is 17.6 Å². The van der Waals surface area contributed by atoms with Crippen molar-refractivity contribution in [1.82, 2.24) is 4.90 Å².